The molecule has 0 saturated carbocycles. The van der Waals surface area contributed by atoms with Gasteiger partial charge in [-0.3, -0.25) is 0 Å². The SMILES string of the molecule is CCc1c(Cl)c(OCC=C(Cl)Cl)cc(C)c1OCCCCCCON=C(C)C. The Bertz CT molecular complexity index is 667. The van der Waals surface area contributed by atoms with Gasteiger partial charge in [-0.2, -0.15) is 0 Å². The van der Waals surface area contributed by atoms with Crippen LogP contribution in [0.25, 0.3) is 0 Å². The first-order chi connectivity index (χ1) is 13.4. The summed E-state index contributed by atoms with van der Waals surface area (Å²) in [4.78, 5) is 5.19. The monoisotopic (exact) mass is 449 g/mol. The maximum absolute atomic E-state index is 6.52. The van der Waals surface area contributed by atoms with E-state index in [0.717, 1.165) is 54.7 Å². The van der Waals surface area contributed by atoms with Crippen molar-refractivity contribution in [2.75, 3.05) is 19.8 Å². The Balaban J connectivity index is 2.51. The molecule has 4 nitrogen and oxygen atoms in total. The summed E-state index contributed by atoms with van der Waals surface area (Å²) in [6, 6.07) is 1.89. The second-order valence-corrected chi connectivity index (χ2v) is 7.99. The van der Waals surface area contributed by atoms with Crippen LogP contribution in [0.1, 0.15) is 57.6 Å². The molecule has 0 bridgehead atoms. The molecule has 0 aliphatic rings. The molecule has 1 rings (SSSR count). The highest BCUT2D eigenvalue weighted by Crippen LogP contribution is 2.38. The molecule has 28 heavy (non-hydrogen) atoms. The minimum Gasteiger partial charge on any atom is -0.493 e. The molecule has 0 heterocycles. The molecule has 0 atom stereocenters. The lowest BCUT2D eigenvalue weighted by Gasteiger charge is -2.18. The second kappa shape index (κ2) is 14.0. The van der Waals surface area contributed by atoms with E-state index < -0.39 is 0 Å². The van der Waals surface area contributed by atoms with Gasteiger partial charge in [-0.05, 0) is 70.6 Å². The summed E-state index contributed by atoms with van der Waals surface area (Å²) in [5.41, 5.74) is 2.89. The molecule has 0 aromatic heterocycles. The van der Waals surface area contributed by atoms with Crippen molar-refractivity contribution in [3.8, 4) is 11.5 Å². The highest BCUT2D eigenvalue weighted by Gasteiger charge is 2.16. The lowest BCUT2D eigenvalue weighted by Crippen LogP contribution is -2.05. The van der Waals surface area contributed by atoms with Gasteiger partial charge in [0.05, 0.1) is 17.3 Å². The molecule has 0 saturated heterocycles. The number of hydrogen-bond acceptors (Lipinski definition) is 4. The quantitative estimate of drug-likeness (QED) is 0.180. The van der Waals surface area contributed by atoms with Crippen LogP contribution in [0.2, 0.25) is 5.02 Å². The van der Waals surface area contributed by atoms with Crippen molar-refractivity contribution in [2.45, 2.75) is 59.8 Å². The molecule has 0 amide bonds. The zero-order valence-corrected chi connectivity index (χ0v) is 19.4. The molecule has 0 fully saturated rings. The van der Waals surface area contributed by atoms with Crippen molar-refractivity contribution in [1.82, 2.24) is 0 Å². The number of unbranched alkanes of at least 4 members (excludes halogenated alkanes) is 3. The minimum atomic E-state index is 0.170. The van der Waals surface area contributed by atoms with Crippen LogP contribution in [0.5, 0.6) is 11.5 Å². The number of benzene rings is 1. The van der Waals surface area contributed by atoms with Gasteiger partial charge in [-0.15, -0.1) is 0 Å². The molecular formula is C21H30Cl3NO3. The number of ether oxygens (including phenoxy) is 2. The summed E-state index contributed by atoms with van der Waals surface area (Å²) in [5.74, 6) is 1.46. The van der Waals surface area contributed by atoms with E-state index in [9.17, 15) is 0 Å². The number of rotatable bonds is 13. The van der Waals surface area contributed by atoms with Crippen LogP contribution in [0.4, 0.5) is 0 Å². The molecule has 0 unspecified atom stereocenters. The highest BCUT2D eigenvalue weighted by atomic mass is 35.5. The number of halogens is 3. The molecule has 1 aromatic rings. The minimum absolute atomic E-state index is 0.170. The van der Waals surface area contributed by atoms with Gasteiger partial charge in [0.1, 0.15) is 29.2 Å². The summed E-state index contributed by atoms with van der Waals surface area (Å²) in [5, 5.41) is 4.50. The van der Waals surface area contributed by atoms with Crippen LogP contribution in [0.3, 0.4) is 0 Å². The first kappa shape index (κ1) is 24.9. The molecule has 1 aromatic carbocycles. The fraction of sp³-hybridized carbons (Fsp3) is 0.571. The van der Waals surface area contributed by atoms with Crippen LogP contribution in [0, 0.1) is 6.92 Å². The summed E-state index contributed by atoms with van der Waals surface area (Å²) < 4.78 is 11.9. The van der Waals surface area contributed by atoms with Gasteiger partial charge in [0, 0.05) is 5.56 Å². The number of aryl methyl sites for hydroxylation is 1. The van der Waals surface area contributed by atoms with Crippen LogP contribution in [-0.4, -0.2) is 25.5 Å². The maximum Gasteiger partial charge on any atom is 0.139 e. The molecule has 0 aliphatic heterocycles. The van der Waals surface area contributed by atoms with E-state index in [1.807, 2.05) is 33.8 Å². The highest BCUT2D eigenvalue weighted by molar-refractivity contribution is 6.55. The predicted octanol–water partition coefficient (Wildman–Crippen LogP) is 7.26. The standard InChI is InChI=1S/C21H30Cl3NO3/c1-5-17-20(24)18(26-13-10-19(22)23)14-16(4)21(17)27-11-8-6-7-9-12-28-25-15(2)3/h10,14H,5-9,11-13H2,1-4H3. The molecular weight excluding hydrogens is 421 g/mol. The molecule has 0 radical (unpaired) electrons. The van der Waals surface area contributed by atoms with Crippen molar-refractivity contribution in [3.05, 3.63) is 32.8 Å². The number of oxime groups is 1. The van der Waals surface area contributed by atoms with E-state index in [-0.39, 0.29) is 11.1 Å². The Kier molecular flexibility index (Phi) is 12.4. The van der Waals surface area contributed by atoms with E-state index >= 15 is 0 Å². The van der Waals surface area contributed by atoms with Crippen LogP contribution in [-0.2, 0) is 11.3 Å². The smallest absolute Gasteiger partial charge is 0.139 e. The normalized spacial score (nSPS) is 10.4. The van der Waals surface area contributed by atoms with Crippen molar-refractivity contribution in [1.29, 1.82) is 0 Å². The van der Waals surface area contributed by atoms with Crippen molar-refractivity contribution in [2.24, 2.45) is 5.16 Å². The first-order valence-electron chi connectivity index (χ1n) is 9.58. The van der Waals surface area contributed by atoms with E-state index in [2.05, 4.69) is 5.16 Å². The van der Waals surface area contributed by atoms with Crippen molar-refractivity contribution >= 4 is 40.5 Å². The third kappa shape index (κ3) is 9.40. The van der Waals surface area contributed by atoms with Gasteiger partial charge < -0.3 is 14.3 Å². The zero-order chi connectivity index (χ0) is 20.9. The fourth-order valence-electron chi connectivity index (χ4n) is 2.60. The third-order valence-electron chi connectivity index (χ3n) is 3.91. The van der Waals surface area contributed by atoms with Crippen LogP contribution < -0.4 is 9.47 Å². The van der Waals surface area contributed by atoms with Gasteiger partial charge in [-0.25, -0.2) is 0 Å². The van der Waals surface area contributed by atoms with Crippen LogP contribution >= 0.6 is 34.8 Å². The Labute approximate surface area is 183 Å². The Morgan fingerprint density at radius 2 is 1.75 bits per heavy atom. The molecule has 0 spiro atoms. The summed E-state index contributed by atoms with van der Waals surface area (Å²) in [6.45, 7) is 9.46. The number of nitrogens with zero attached hydrogens (tertiary/aromatic N) is 1. The second-order valence-electron chi connectivity index (χ2n) is 6.61. The zero-order valence-electron chi connectivity index (χ0n) is 17.1. The summed E-state index contributed by atoms with van der Waals surface area (Å²) in [7, 11) is 0. The van der Waals surface area contributed by atoms with Crippen molar-refractivity contribution < 1.29 is 14.3 Å². The van der Waals surface area contributed by atoms with Crippen LogP contribution in [0.15, 0.2) is 21.8 Å². The van der Waals surface area contributed by atoms with Gasteiger partial charge in [-0.1, -0.05) is 46.9 Å². The van der Waals surface area contributed by atoms with Gasteiger partial charge in [0.25, 0.3) is 0 Å². The lowest BCUT2D eigenvalue weighted by molar-refractivity contribution is 0.139. The lowest BCUT2D eigenvalue weighted by atomic mass is 10.1. The van der Waals surface area contributed by atoms with Gasteiger partial charge in [0.2, 0.25) is 0 Å². The Hall–Kier alpha value is -1.10. The number of hydrogen-bond donors (Lipinski definition) is 0. The van der Waals surface area contributed by atoms with Crippen molar-refractivity contribution in [3.63, 3.8) is 0 Å². The van der Waals surface area contributed by atoms with E-state index in [1.54, 1.807) is 6.08 Å². The fourth-order valence-corrected chi connectivity index (χ4v) is 3.05. The molecule has 0 N–H and O–H groups in total. The topological polar surface area (TPSA) is 40.0 Å². The Morgan fingerprint density at radius 1 is 1.07 bits per heavy atom. The molecule has 7 heteroatoms. The average Bonchev–Trinajstić information content (AvgIpc) is 2.63. The van der Waals surface area contributed by atoms with Gasteiger partial charge in [0.15, 0.2) is 0 Å². The summed E-state index contributed by atoms with van der Waals surface area (Å²) in [6.07, 6.45) is 6.48. The Morgan fingerprint density at radius 3 is 2.36 bits per heavy atom. The van der Waals surface area contributed by atoms with Gasteiger partial charge >= 0.3 is 0 Å². The largest absolute Gasteiger partial charge is 0.493 e. The summed E-state index contributed by atoms with van der Waals surface area (Å²) >= 11 is 17.7. The maximum atomic E-state index is 6.52. The average molecular weight is 451 g/mol. The third-order valence-corrected chi connectivity index (χ3v) is 4.64. The van der Waals surface area contributed by atoms with E-state index in [1.165, 1.54) is 0 Å². The van der Waals surface area contributed by atoms with E-state index in [4.69, 9.17) is 49.1 Å². The van der Waals surface area contributed by atoms with E-state index in [0.29, 0.717) is 24.0 Å². The first-order valence-corrected chi connectivity index (χ1v) is 10.7. The molecule has 0 aliphatic carbocycles. The molecule has 158 valence electrons. The predicted molar refractivity (Wildman–Crippen MR) is 120 cm³/mol.